The molecule has 3 heterocycles. The Hall–Kier alpha value is -3.68. The maximum absolute atomic E-state index is 12.8. The zero-order chi connectivity index (χ0) is 18.8. The minimum Gasteiger partial charge on any atom is -0.490 e. The van der Waals surface area contributed by atoms with Crippen LogP contribution in [0, 0.1) is 0 Å². The van der Waals surface area contributed by atoms with Crippen LogP contribution in [0.2, 0.25) is 0 Å². The highest BCUT2D eigenvalue weighted by atomic mass is 16.5. The van der Waals surface area contributed by atoms with E-state index in [0.717, 1.165) is 5.56 Å². The van der Waals surface area contributed by atoms with Crippen molar-refractivity contribution < 1.29 is 9.53 Å². The van der Waals surface area contributed by atoms with E-state index in [4.69, 9.17) is 4.74 Å². The number of amides is 1. The van der Waals surface area contributed by atoms with Crippen LogP contribution in [0.15, 0.2) is 55.1 Å². The number of hydrogen-bond donors (Lipinski definition) is 2. The molecule has 3 aromatic heterocycles. The highest BCUT2D eigenvalue weighted by molar-refractivity contribution is 6.09. The van der Waals surface area contributed by atoms with E-state index in [1.165, 1.54) is 6.20 Å². The third-order valence-electron chi connectivity index (χ3n) is 3.93. The zero-order valence-corrected chi connectivity index (χ0v) is 14.9. The maximum atomic E-state index is 12.8. The lowest BCUT2D eigenvalue weighted by atomic mass is 10.1. The first-order valence-corrected chi connectivity index (χ1v) is 8.52. The van der Waals surface area contributed by atoms with Gasteiger partial charge < -0.3 is 10.1 Å². The van der Waals surface area contributed by atoms with Crippen LogP contribution >= 0.6 is 0 Å². The Kier molecular flexibility index (Phi) is 4.29. The van der Waals surface area contributed by atoms with E-state index in [1.54, 1.807) is 29.2 Å². The number of anilines is 1. The Bertz CT molecular complexity index is 1100. The molecule has 0 radical (unpaired) electrons. The second-order valence-electron chi connectivity index (χ2n) is 6.22. The molecule has 0 fully saturated rings. The fourth-order valence-corrected chi connectivity index (χ4v) is 2.79. The van der Waals surface area contributed by atoms with Crippen molar-refractivity contribution in [2.45, 2.75) is 20.0 Å². The van der Waals surface area contributed by atoms with Gasteiger partial charge in [0, 0.05) is 18.0 Å². The standard InChI is InChI=1S/C19H18N6O2/c1-12(2)27-16-7-4-3-6-13(16)17-15(11-21-24-17)23-19(26)14-10-22-25-9-5-8-20-18(14)25/h3-12H,1-2H3,(H,21,24)(H,23,26). The predicted octanol–water partition coefficient (Wildman–Crippen LogP) is 3.16. The molecular formula is C19H18N6O2. The molecular weight excluding hydrogens is 344 g/mol. The van der Waals surface area contributed by atoms with Crippen molar-refractivity contribution >= 4 is 17.2 Å². The van der Waals surface area contributed by atoms with Crippen molar-refractivity contribution in [2.75, 3.05) is 5.32 Å². The first-order chi connectivity index (χ1) is 13.1. The van der Waals surface area contributed by atoms with Gasteiger partial charge in [0.05, 0.1) is 29.9 Å². The van der Waals surface area contributed by atoms with Crippen LogP contribution in [-0.2, 0) is 0 Å². The van der Waals surface area contributed by atoms with Crippen LogP contribution in [-0.4, -0.2) is 36.8 Å². The summed E-state index contributed by atoms with van der Waals surface area (Å²) in [6, 6.07) is 9.36. The SMILES string of the molecule is CC(C)Oc1ccccc1-c1[nH]ncc1NC(=O)c1cnn2cccnc12. The summed E-state index contributed by atoms with van der Waals surface area (Å²) in [5, 5.41) is 14.1. The fraction of sp³-hybridized carbons (Fsp3) is 0.158. The summed E-state index contributed by atoms with van der Waals surface area (Å²) in [4.78, 5) is 17.0. The van der Waals surface area contributed by atoms with Crippen LogP contribution in [0.25, 0.3) is 16.9 Å². The third-order valence-corrected chi connectivity index (χ3v) is 3.93. The van der Waals surface area contributed by atoms with Crippen molar-refractivity contribution in [1.82, 2.24) is 24.8 Å². The van der Waals surface area contributed by atoms with Gasteiger partial charge in [0.1, 0.15) is 11.3 Å². The van der Waals surface area contributed by atoms with Crippen LogP contribution in [0.4, 0.5) is 5.69 Å². The van der Waals surface area contributed by atoms with E-state index in [9.17, 15) is 4.79 Å². The van der Waals surface area contributed by atoms with E-state index in [-0.39, 0.29) is 12.0 Å². The number of carbonyl (C=O) groups excluding carboxylic acids is 1. The van der Waals surface area contributed by atoms with Gasteiger partial charge in [0.15, 0.2) is 5.65 Å². The number of nitrogens with zero attached hydrogens (tertiary/aromatic N) is 4. The van der Waals surface area contributed by atoms with Gasteiger partial charge in [-0.05, 0) is 32.0 Å². The molecule has 0 spiro atoms. The van der Waals surface area contributed by atoms with Crippen molar-refractivity contribution in [2.24, 2.45) is 0 Å². The van der Waals surface area contributed by atoms with Gasteiger partial charge in [-0.3, -0.25) is 9.89 Å². The number of carbonyl (C=O) groups is 1. The predicted molar refractivity (Wildman–Crippen MR) is 101 cm³/mol. The number of hydrogen-bond acceptors (Lipinski definition) is 5. The highest BCUT2D eigenvalue weighted by Crippen LogP contribution is 2.34. The average Bonchev–Trinajstić information content (AvgIpc) is 3.28. The number of rotatable bonds is 5. The number of benzene rings is 1. The van der Waals surface area contributed by atoms with E-state index in [1.807, 2.05) is 38.1 Å². The van der Waals surface area contributed by atoms with Crippen LogP contribution in [0.1, 0.15) is 24.2 Å². The normalized spacial score (nSPS) is 11.1. The molecule has 0 saturated carbocycles. The molecule has 0 atom stereocenters. The summed E-state index contributed by atoms with van der Waals surface area (Å²) < 4.78 is 7.43. The van der Waals surface area contributed by atoms with Gasteiger partial charge >= 0.3 is 0 Å². The van der Waals surface area contributed by atoms with E-state index in [2.05, 4.69) is 25.6 Å². The third kappa shape index (κ3) is 3.24. The summed E-state index contributed by atoms with van der Waals surface area (Å²) >= 11 is 0. The van der Waals surface area contributed by atoms with Gasteiger partial charge in [-0.15, -0.1) is 0 Å². The van der Waals surface area contributed by atoms with Gasteiger partial charge in [-0.1, -0.05) is 12.1 Å². The van der Waals surface area contributed by atoms with Gasteiger partial charge in [-0.2, -0.15) is 10.2 Å². The molecule has 2 N–H and O–H groups in total. The van der Waals surface area contributed by atoms with Gasteiger partial charge in [0.25, 0.3) is 5.91 Å². The Labute approximate surface area is 155 Å². The Morgan fingerprint density at radius 2 is 2.07 bits per heavy atom. The second-order valence-corrected chi connectivity index (χ2v) is 6.22. The molecule has 27 heavy (non-hydrogen) atoms. The number of H-pyrrole nitrogens is 1. The molecule has 4 rings (SSSR count). The topological polar surface area (TPSA) is 97.2 Å². The lowest BCUT2D eigenvalue weighted by Gasteiger charge is -2.14. The first kappa shape index (κ1) is 16.8. The minimum atomic E-state index is -0.311. The number of para-hydroxylation sites is 1. The second kappa shape index (κ2) is 6.91. The van der Waals surface area contributed by atoms with E-state index < -0.39 is 0 Å². The number of ether oxygens (including phenoxy) is 1. The van der Waals surface area contributed by atoms with Crippen molar-refractivity contribution in [1.29, 1.82) is 0 Å². The lowest BCUT2D eigenvalue weighted by molar-refractivity contribution is 0.102. The zero-order valence-electron chi connectivity index (χ0n) is 14.9. The van der Waals surface area contributed by atoms with Gasteiger partial charge in [-0.25, -0.2) is 9.50 Å². The number of aromatic amines is 1. The Balaban J connectivity index is 1.66. The quantitative estimate of drug-likeness (QED) is 0.568. The summed E-state index contributed by atoms with van der Waals surface area (Å²) in [5.41, 5.74) is 2.91. The van der Waals surface area contributed by atoms with Crippen LogP contribution < -0.4 is 10.1 Å². The molecule has 136 valence electrons. The van der Waals surface area contributed by atoms with Gasteiger partial charge in [0.2, 0.25) is 0 Å². The molecule has 0 aliphatic heterocycles. The summed E-state index contributed by atoms with van der Waals surface area (Å²) in [6.07, 6.45) is 6.45. The molecule has 4 aromatic rings. The van der Waals surface area contributed by atoms with Crippen molar-refractivity contribution in [3.8, 4) is 17.0 Å². The maximum Gasteiger partial charge on any atom is 0.261 e. The average molecular weight is 362 g/mol. The van der Waals surface area contributed by atoms with E-state index in [0.29, 0.717) is 28.3 Å². The summed E-state index contributed by atoms with van der Waals surface area (Å²) in [5.74, 6) is 0.401. The van der Waals surface area contributed by atoms with Crippen LogP contribution in [0.3, 0.4) is 0 Å². The molecule has 0 unspecified atom stereocenters. The molecule has 8 nitrogen and oxygen atoms in total. The molecule has 8 heteroatoms. The smallest absolute Gasteiger partial charge is 0.261 e. The summed E-state index contributed by atoms with van der Waals surface area (Å²) in [6.45, 7) is 3.93. The largest absolute Gasteiger partial charge is 0.490 e. The van der Waals surface area contributed by atoms with E-state index >= 15 is 0 Å². The fourth-order valence-electron chi connectivity index (χ4n) is 2.79. The monoisotopic (exact) mass is 362 g/mol. The van der Waals surface area contributed by atoms with Crippen LogP contribution in [0.5, 0.6) is 5.75 Å². The van der Waals surface area contributed by atoms with Crippen molar-refractivity contribution in [3.05, 3.63) is 60.7 Å². The number of fused-ring (bicyclic) bond motifs is 1. The number of nitrogens with one attached hydrogen (secondary N) is 2. The number of aromatic nitrogens is 5. The highest BCUT2D eigenvalue weighted by Gasteiger charge is 2.18. The Morgan fingerprint density at radius 1 is 1.22 bits per heavy atom. The molecule has 0 aliphatic rings. The molecule has 1 amide bonds. The molecule has 0 aliphatic carbocycles. The lowest BCUT2D eigenvalue weighted by Crippen LogP contribution is -2.12. The molecule has 0 saturated heterocycles. The first-order valence-electron chi connectivity index (χ1n) is 8.52. The molecule has 1 aromatic carbocycles. The summed E-state index contributed by atoms with van der Waals surface area (Å²) in [7, 11) is 0. The van der Waals surface area contributed by atoms with Crippen molar-refractivity contribution in [3.63, 3.8) is 0 Å². The Morgan fingerprint density at radius 3 is 2.93 bits per heavy atom. The minimum absolute atomic E-state index is 0.0250. The molecule has 0 bridgehead atoms.